The van der Waals surface area contributed by atoms with Gasteiger partial charge in [0.05, 0.1) is 11.5 Å². The van der Waals surface area contributed by atoms with Gasteiger partial charge in [0.1, 0.15) is 0 Å². The molecule has 0 bridgehead atoms. The number of hydrogen-bond donors (Lipinski definition) is 2. The van der Waals surface area contributed by atoms with Crippen molar-refractivity contribution < 1.29 is 15.0 Å². The number of carboxylic acid groups (broad SMARTS) is 1. The van der Waals surface area contributed by atoms with Crippen LogP contribution in [-0.4, -0.2) is 46.8 Å². The lowest BCUT2D eigenvalue weighted by Crippen LogP contribution is -2.45. The number of unbranched alkanes of at least 4 members (excludes halogenated alkanes) is 2. The first-order valence-corrected chi connectivity index (χ1v) is 7.10. The Morgan fingerprint density at radius 1 is 1.33 bits per heavy atom. The van der Waals surface area contributed by atoms with Gasteiger partial charge in [0.15, 0.2) is 0 Å². The van der Waals surface area contributed by atoms with Gasteiger partial charge >= 0.3 is 5.97 Å². The molecule has 0 spiro atoms. The van der Waals surface area contributed by atoms with Crippen LogP contribution in [0.2, 0.25) is 0 Å². The molecule has 1 rings (SSSR count). The van der Waals surface area contributed by atoms with Gasteiger partial charge in [0.2, 0.25) is 0 Å². The number of carbonyl (C=O) groups is 1. The summed E-state index contributed by atoms with van der Waals surface area (Å²) >= 11 is 0. The highest BCUT2D eigenvalue weighted by Crippen LogP contribution is 2.32. The van der Waals surface area contributed by atoms with E-state index in [2.05, 4.69) is 11.8 Å². The molecule has 0 radical (unpaired) electrons. The van der Waals surface area contributed by atoms with Crippen LogP contribution in [0.1, 0.15) is 51.9 Å². The van der Waals surface area contributed by atoms with Gasteiger partial charge in [-0.2, -0.15) is 0 Å². The summed E-state index contributed by atoms with van der Waals surface area (Å²) in [4.78, 5) is 13.0. The molecule has 0 saturated heterocycles. The third-order valence-electron chi connectivity index (χ3n) is 3.97. The second kappa shape index (κ2) is 7.10. The van der Waals surface area contributed by atoms with E-state index in [0.29, 0.717) is 32.2 Å². The molecule has 0 aromatic carbocycles. The number of likely N-dealkylation sites (N-methyl/N-ethyl adjacent to an activating group) is 1. The number of aliphatic hydroxyl groups is 1. The smallest absolute Gasteiger partial charge is 0.306 e. The summed E-state index contributed by atoms with van der Waals surface area (Å²) in [6.07, 6.45) is 6.04. The van der Waals surface area contributed by atoms with E-state index in [1.807, 2.05) is 7.05 Å². The highest BCUT2D eigenvalue weighted by atomic mass is 16.4. The second-order valence-electron chi connectivity index (χ2n) is 5.78. The lowest BCUT2D eigenvalue weighted by atomic mass is 9.78. The molecule has 18 heavy (non-hydrogen) atoms. The molecule has 4 nitrogen and oxygen atoms in total. The maximum Gasteiger partial charge on any atom is 0.306 e. The number of aliphatic carboxylic acids is 1. The minimum absolute atomic E-state index is 0.254. The van der Waals surface area contributed by atoms with Crippen LogP contribution in [0.3, 0.4) is 0 Å². The standard InChI is InChI=1S/C14H27NO3/c1-3-4-5-10-15(2)11-14(18)8-6-12(7-9-14)13(16)17/h12,18H,3-11H2,1-2H3,(H,16,17). The highest BCUT2D eigenvalue weighted by molar-refractivity contribution is 5.70. The molecule has 0 aliphatic heterocycles. The fourth-order valence-electron chi connectivity index (χ4n) is 2.77. The fraction of sp³-hybridized carbons (Fsp3) is 0.929. The van der Waals surface area contributed by atoms with E-state index in [1.165, 1.54) is 19.3 Å². The summed E-state index contributed by atoms with van der Waals surface area (Å²) in [5.74, 6) is -0.968. The Balaban J connectivity index is 2.31. The van der Waals surface area contributed by atoms with Crippen molar-refractivity contribution in [2.45, 2.75) is 57.5 Å². The van der Waals surface area contributed by atoms with Crippen LogP contribution in [-0.2, 0) is 4.79 Å². The maximum atomic E-state index is 10.9. The third-order valence-corrected chi connectivity index (χ3v) is 3.97. The normalized spacial score (nSPS) is 28.6. The van der Waals surface area contributed by atoms with Crippen molar-refractivity contribution in [2.75, 3.05) is 20.1 Å². The molecule has 0 atom stereocenters. The van der Waals surface area contributed by atoms with Crippen LogP contribution in [0.25, 0.3) is 0 Å². The highest BCUT2D eigenvalue weighted by Gasteiger charge is 2.36. The fourth-order valence-corrected chi connectivity index (χ4v) is 2.77. The van der Waals surface area contributed by atoms with E-state index in [4.69, 9.17) is 5.11 Å². The first-order chi connectivity index (χ1) is 8.47. The molecule has 1 saturated carbocycles. The summed E-state index contributed by atoms with van der Waals surface area (Å²) < 4.78 is 0. The minimum Gasteiger partial charge on any atom is -0.481 e. The summed E-state index contributed by atoms with van der Waals surface area (Å²) in [6, 6.07) is 0. The van der Waals surface area contributed by atoms with Crippen molar-refractivity contribution in [3.8, 4) is 0 Å². The molecule has 2 N–H and O–H groups in total. The molecule has 0 heterocycles. The molecule has 0 amide bonds. The first-order valence-electron chi connectivity index (χ1n) is 7.10. The van der Waals surface area contributed by atoms with Crippen LogP contribution >= 0.6 is 0 Å². The Bertz CT molecular complexity index is 260. The molecule has 0 unspecified atom stereocenters. The van der Waals surface area contributed by atoms with Crippen molar-refractivity contribution in [1.82, 2.24) is 4.90 Å². The summed E-state index contributed by atoms with van der Waals surface area (Å²) in [7, 11) is 2.04. The van der Waals surface area contributed by atoms with Crippen LogP contribution in [0.4, 0.5) is 0 Å². The van der Waals surface area contributed by atoms with Crippen LogP contribution in [0.15, 0.2) is 0 Å². The quantitative estimate of drug-likeness (QED) is 0.686. The van der Waals surface area contributed by atoms with E-state index in [1.54, 1.807) is 0 Å². The van der Waals surface area contributed by atoms with Gasteiger partial charge in [0, 0.05) is 6.54 Å². The van der Waals surface area contributed by atoms with E-state index in [-0.39, 0.29) is 5.92 Å². The molecule has 0 aromatic heterocycles. The number of nitrogens with zero attached hydrogens (tertiary/aromatic N) is 1. The Morgan fingerprint density at radius 2 is 1.94 bits per heavy atom. The summed E-state index contributed by atoms with van der Waals surface area (Å²) in [5, 5.41) is 19.4. The predicted molar refractivity (Wildman–Crippen MR) is 71.6 cm³/mol. The average Bonchev–Trinajstić information content (AvgIpc) is 2.29. The average molecular weight is 257 g/mol. The van der Waals surface area contributed by atoms with E-state index < -0.39 is 11.6 Å². The third kappa shape index (κ3) is 4.94. The molecule has 4 heteroatoms. The van der Waals surface area contributed by atoms with E-state index >= 15 is 0 Å². The zero-order chi connectivity index (χ0) is 13.6. The molecule has 1 aliphatic carbocycles. The number of hydrogen-bond acceptors (Lipinski definition) is 3. The summed E-state index contributed by atoms with van der Waals surface area (Å²) in [5.41, 5.74) is -0.674. The topological polar surface area (TPSA) is 60.8 Å². The Labute approximate surface area is 110 Å². The molecule has 1 fully saturated rings. The Morgan fingerprint density at radius 3 is 2.44 bits per heavy atom. The number of carboxylic acids is 1. The van der Waals surface area contributed by atoms with Gasteiger partial charge in [-0.1, -0.05) is 19.8 Å². The SMILES string of the molecule is CCCCCN(C)CC1(O)CCC(C(=O)O)CC1. The van der Waals surface area contributed by atoms with Crippen molar-refractivity contribution in [1.29, 1.82) is 0 Å². The van der Waals surface area contributed by atoms with E-state index in [9.17, 15) is 9.90 Å². The van der Waals surface area contributed by atoms with Crippen molar-refractivity contribution in [2.24, 2.45) is 5.92 Å². The van der Waals surface area contributed by atoms with Crippen LogP contribution in [0.5, 0.6) is 0 Å². The van der Waals surface area contributed by atoms with Crippen molar-refractivity contribution in [3.63, 3.8) is 0 Å². The van der Waals surface area contributed by atoms with Gasteiger partial charge < -0.3 is 15.1 Å². The first kappa shape index (κ1) is 15.4. The predicted octanol–water partition coefficient (Wildman–Crippen LogP) is 2.11. The van der Waals surface area contributed by atoms with Crippen molar-refractivity contribution >= 4 is 5.97 Å². The van der Waals surface area contributed by atoms with Gasteiger partial charge in [-0.15, -0.1) is 0 Å². The van der Waals surface area contributed by atoms with Crippen molar-refractivity contribution in [3.05, 3.63) is 0 Å². The minimum atomic E-state index is -0.714. The molecule has 1 aliphatic rings. The van der Waals surface area contributed by atoms with Gasteiger partial charge in [-0.25, -0.2) is 0 Å². The second-order valence-corrected chi connectivity index (χ2v) is 5.78. The molecular formula is C14H27NO3. The lowest BCUT2D eigenvalue weighted by molar-refractivity contribution is -0.145. The lowest BCUT2D eigenvalue weighted by Gasteiger charge is -2.37. The molecule has 0 aromatic rings. The molecule has 106 valence electrons. The number of rotatable bonds is 7. The zero-order valence-corrected chi connectivity index (χ0v) is 11.7. The maximum absolute atomic E-state index is 10.9. The Hall–Kier alpha value is -0.610. The Kier molecular flexibility index (Phi) is 6.09. The summed E-state index contributed by atoms with van der Waals surface area (Å²) in [6.45, 7) is 3.86. The van der Waals surface area contributed by atoms with Gasteiger partial charge in [-0.05, 0) is 45.7 Å². The monoisotopic (exact) mass is 257 g/mol. The van der Waals surface area contributed by atoms with Gasteiger partial charge in [0.25, 0.3) is 0 Å². The molecular weight excluding hydrogens is 230 g/mol. The van der Waals surface area contributed by atoms with Crippen LogP contribution < -0.4 is 0 Å². The van der Waals surface area contributed by atoms with E-state index in [0.717, 1.165) is 6.54 Å². The largest absolute Gasteiger partial charge is 0.481 e. The van der Waals surface area contributed by atoms with Crippen LogP contribution in [0, 0.1) is 5.92 Å². The zero-order valence-electron chi connectivity index (χ0n) is 11.7. The van der Waals surface area contributed by atoms with Gasteiger partial charge in [-0.3, -0.25) is 4.79 Å².